The average Bonchev–Trinajstić information content (AvgIpc) is 2.83. The van der Waals surface area contributed by atoms with Gasteiger partial charge in [-0.3, -0.25) is 0 Å². The Morgan fingerprint density at radius 2 is 1.16 bits per heavy atom. The second kappa shape index (κ2) is 18.4. The second-order valence-corrected chi connectivity index (χ2v) is 26.8. The molecule has 0 N–H and O–H groups in total. The molecular formula is C29H56OSiSn. The summed E-state index contributed by atoms with van der Waals surface area (Å²) in [6.07, 6.45) is 16.0. The minimum absolute atomic E-state index is 0.302. The molecule has 0 aliphatic heterocycles. The van der Waals surface area contributed by atoms with E-state index in [1.54, 1.807) is 0 Å². The summed E-state index contributed by atoms with van der Waals surface area (Å²) in [5, 5.41) is 0. The van der Waals surface area contributed by atoms with Gasteiger partial charge in [0.05, 0.1) is 0 Å². The number of unbranched alkanes of at least 4 members (excludes halogenated alkanes) is 3. The Kier molecular flexibility index (Phi) is 18.4. The fourth-order valence-corrected chi connectivity index (χ4v) is 21.2. The molecule has 0 bridgehead atoms. The number of hydrogen-bond acceptors (Lipinski definition) is 1. The van der Waals surface area contributed by atoms with Crippen LogP contribution in [0, 0.1) is 9.86 Å². The Balaban J connectivity index is 6.46. The monoisotopic (exact) mass is 568 g/mol. The summed E-state index contributed by atoms with van der Waals surface area (Å²) in [6.45, 7) is 22.1. The van der Waals surface area contributed by atoms with Crippen molar-refractivity contribution in [1.29, 1.82) is 0 Å². The Morgan fingerprint density at radius 1 is 0.750 bits per heavy atom. The molecule has 186 valence electrons. The molecule has 0 aromatic rings. The summed E-state index contributed by atoms with van der Waals surface area (Å²) in [5.41, 5.74) is -0.302. The van der Waals surface area contributed by atoms with E-state index < -0.39 is 26.7 Å². The van der Waals surface area contributed by atoms with Crippen LogP contribution in [-0.2, 0) is 4.43 Å². The van der Waals surface area contributed by atoms with Crippen LogP contribution in [0.1, 0.15) is 106 Å². The third kappa shape index (κ3) is 11.4. The van der Waals surface area contributed by atoms with E-state index >= 15 is 0 Å². The van der Waals surface area contributed by atoms with Crippen molar-refractivity contribution in [2.24, 2.45) is 0 Å². The summed E-state index contributed by atoms with van der Waals surface area (Å²) >= 11 is -2.54. The molecule has 0 saturated heterocycles. The summed E-state index contributed by atoms with van der Waals surface area (Å²) < 4.78 is 15.8. The fourth-order valence-electron chi connectivity index (χ4n) is 4.78. The zero-order valence-electron chi connectivity index (χ0n) is 22.8. The van der Waals surface area contributed by atoms with Gasteiger partial charge in [0.2, 0.25) is 0 Å². The van der Waals surface area contributed by atoms with Crippen molar-refractivity contribution >= 4 is 26.7 Å². The first-order chi connectivity index (χ1) is 15.4. The zero-order valence-corrected chi connectivity index (χ0v) is 26.6. The van der Waals surface area contributed by atoms with E-state index in [0.717, 1.165) is 25.7 Å². The van der Waals surface area contributed by atoms with Gasteiger partial charge < -0.3 is 0 Å². The summed E-state index contributed by atoms with van der Waals surface area (Å²) in [6, 6.07) is 3.55. The van der Waals surface area contributed by atoms with Crippen molar-refractivity contribution in [3.05, 3.63) is 25.3 Å². The van der Waals surface area contributed by atoms with Crippen LogP contribution >= 0.6 is 0 Å². The van der Waals surface area contributed by atoms with Gasteiger partial charge in [-0.1, -0.05) is 0 Å². The third-order valence-electron chi connectivity index (χ3n) is 7.43. The SMILES string of the molecule is C=CCCC(C#[C][Sn]([CH2]CCC)([CH2]CCC)[CH2]CCC)(CCC=C)O[Si](CC)(CC)CC. The van der Waals surface area contributed by atoms with Crippen LogP contribution in [0.3, 0.4) is 0 Å². The molecule has 0 radical (unpaired) electrons. The molecule has 32 heavy (non-hydrogen) atoms. The van der Waals surface area contributed by atoms with Crippen molar-refractivity contribution in [3.63, 3.8) is 0 Å². The standard InChI is InChI=1S/C17H29OSi.3C4H9.Sn/c1-7-13-15-17(9-3,16-14-8-2)18-19(10-4,11-5)12-6;3*1-3-4-2;/h7-8H,1-2,10-16H2,4-6H3;3*1,3-4H2,2H3;. The summed E-state index contributed by atoms with van der Waals surface area (Å²) in [7, 11) is -1.77. The van der Waals surface area contributed by atoms with Gasteiger partial charge in [0, 0.05) is 0 Å². The molecule has 0 saturated carbocycles. The second-order valence-electron chi connectivity index (χ2n) is 9.84. The first-order valence-electron chi connectivity index (χ1n) is 13.9. The molecule has 0 atom stereocenters. The zero-order chi connectivity index (χ0) is 24.3. The Labute approximate surface area is 208 Å². The predicted molar refractivity (Wildman–Crippen MR) is 153 cm³/mol. The number of hydrogen-bond donors (Lipinski definition) is 0. The van der Waals surface area contributed by atoms with Gasteiger partial charge in [0.1, 0.15) is 0 Å². The van der Waals surface area contributed by atoms with E-state index in [1.165, 1.54) is 70.0 Å². The molecule has 0 rings (SSSR count). The van der Waals surface area contributed by atoms with Gasteiger partial charge in [0.15, 0.2) is 0 Å². The molecule has 0 unspecified atom stereocenters. The van der Waals surface area contributed by atoms with Gasteiger partial charge in [-0.2, -0.15) is 0 Å². The van der Waals surface area contributed by atoms with E-state index in [2.05, 4.69) is 76.7 Å². The van der Waals surface area contributed by atoms with Crippen molar-refractivity contribution in [2.75, 3.05) is 0 Å². The van der Waals surface area contributed by atoms with Crippen molar-refractivity contribution in [2.45, 2.75) is 143 Å². The third-order valence-corrected chi connectivity index (χ3v) is 25.2. The maximum absolute atomic E-state index is 7.29. The van der Waals surface area contributed by atoms with Crippen LogP contribution in [0.15, 0.2) is 25.3 Å². The Bertz CT molecular complexity index is 513. The van der Waals surface area contributed by atoms with Crippen LogP contribution in [0.25, 0.3) is 0 Å². The minimum atomic E-state index is -2.54. The van der Waals surface area contributed by atoms with Crippen LogP contribution in [0.2, 0.25) is 31.4 Å². The van der Waals surface area contributed by atoms with E-state index in [0.29, 0.717) is 0 Å². The van der Waals surface area contributed by atoms with E-state index in [9.17, 15) is 0 Å². The van der Waals surface area contributed by atoms with Gasteiger partial charge in [-0.25, -0.2) is 0 Å². The molecule has 0 aromatic heterocycles. The van der Waals surface area contributed by atoms with Crippen LogP contribution in [0.5, 0.6) is 0 Å². The Morgan fingerprint density at radius 3 is 1.47 bits per heavy atom. The van der Waals surface area contributed by atoms with Crippen molar-refractivity contribution in [3.8, 4) is 9.86 Å². The molecule has 0 aliphatic rings. The molecule has 1 nitrogen and oxygen atoms in total. The van der Waals surface area contributed by atoms with E-state index in [1.807, 2.05) is 0 Å². The molecule has 0 spiro atoms. The molecule has 0 aliphatic carbocycles. The average molecular weight is 568 g/mol. The van der Waals surface area contributed by atoms with Crippen LogP contribution < -0.4 is 0 Å². The molecule has 3 heteroatoms. The Hall–Kier alpha value is 0.0156. The number of rotatable bonds is 20. The normalized spacial score (nSPS) is 12.3. The van der Waals surface area contributed by atoms with Crippen molar-refractivity contribution in [1.82, 2.24) is 0 Å². The number of allylic oxidation sites excluding steroid dienone is 2. The molecule has 0 heterocycles. The van der Waals surface area contributed by atoms with Crippen LogP contribution in [0.4, 0.5) is 0 Å². The summed E-state index contributed by atoms with van der Waals surface area (Å²) in [5.74, 6) is 3.99. The topological polar surface area (TPSA) is 9.23 Å². The first kappa shape index (κ1) is 32.0. The molecule has 0 fully saturated rings. The molecular weight excluding hydrogens is 511 g/mol. The van der Waals surface area contributed by atoms with Gasteiger partial charge in [-0.15, -0.1) is 0 Å². The van der Waals surface area contributed by atoms with Gasteiger partial charge >= 0.3 is 209 Å². The van der Waals surface area contributed by atoms with E-state index in [-0.39, 0.29) is 5.60 Å². The maximum atomic E-state index is 7.29. The first-order valence-corrected chi connectivity index (χ1v) is 23.9. The molecule has 0 aromatic carbocycles. The van der Waals surface area contributed by atoms with Gasteiger partial charge in [-0.05, 0) is 0 Å². The van der Waals surface area contributed by atoms with Crippen molar-refractivity contribution < 1.29 is 4.43 Å². The molecule has 0 amide bonds. The fraction of sp³-hybridized carbons (Fsp3) is 0.793. The summed E-state index contributed by atoms with van der Waals surface area (Å²) in [4.78, 5) is 0. The van der Waals surface area contributed by atoms with E-state index in [4.69, 9.17) is 4.43 Å². The van der Waals surface area contributed by atoms with Crippen LogP contribution in [-0.4, -0.2) is 32.3 Å². The van der Waals surface area contributed by atoms with Gasteiger partial charge in [0.25, 0.3) is 0 Å². The predicted octanol–water partition coefficient (Wildman–Crippen LogP) is 10.1. The quantitative estimate of drug-likeness (QED) is 0.0808.